The number of allylic oxidation sites excluding steroid dienone is 2. The predicted molar refractivity (Wildman–Crippen MR) is 98.9 cm³/mol. The molecule has 3 heteroatoms. The molecule has 5 rings (SSSR count). The van der Waals surface area contributed by atoms with Crippen molar-refractivity contribution >= 4 is 5.78 Å². The number of aliphatic hydroxyl groups is 1. The van der Waals surface area contributed by atoms with E-state index < -0.39 is 11.5 Å². The average molecular weight is 354 g/mol. The van der Waals surface area contributed by atoms with E-state index in [4.69, 9.17) is 0 Å². The lowest BCUT2D eigenvalue weighted by atomic mass is 9.44. The van der Waals surface area contributed by atoms with Gasteiger partial charge in [-0.05, 0) is 86.9 Å². The van der Waals surface area contributed by atoms with E-state index in [0.717, 1.165) is 51.4 Å². The van der Waals surface area contributed by atoms with Crippen LogP contribution in [0.3, 0.4) is 0 Å². The number of carbonyl (C=O) groups is 1. The number of nitriles is 1. The van der Waals surface area contributed by atoms with Gasteiger partial charge in [-0.2, -0.15) is 5.26 Å². The number of carbonyl (C=O) groups excluding carboxylic acids is 1. The molecule has 0 aromatic carbocycles. The summed E-state index contributed by atoms with van der Waals surface area (Å²) in [7, 11) is 0. The van der Waals surface area contributed by atoms with Gasteiger partial charge in [0.05, 0.1) is 17.1 Å². The first-order chi connectivity index (χ1) is 12.2. The van der Waals surface area contributed by atoms with Crippen molar-refractivity contribution < 1.29 is 9.90 Å². The van der Waals surface area contributed by atoms with E-state index in [1.54, 1.807) is 0 Å². The second-order valence-electron chi connectivity index (χ2n) is 10.7. The van der Waals surface area contributed by atoms with Crippen LogP contribution in [-0.2, 0) is 4.79 Å². The van der Waals surface area contributed by atoms with Crippen LogP contribution < -0.4 is 0 Å². The van der Waals surface area contributed by atoms with Gasteiger partial charge >= 0.3 is 0 Å². The Labute approximate surface area is 156 Å². The standard InChI is InChI=1S/C23H31NO2/c1-20-12-14(13-24)19(25)23(10-11-23)18(20)5-4-15-16(20)6-8-21(2)17(15)7-9-22(21,3)26/h5,14-17,26H,4,6-12H2,1-3H3/t14?,15-,16-,17+,20-,21+,22?/m1/s1. The SMILES string of the molecule is CC1(O)CC[C@H]2[C@@H]3CC=C4C5(CC5)C(=O)C(C#N)C[C@]4(C)[C@@H]3CC[C@@]21C. The number of ketones is 1. The smallest absolute Gasteiger partial charge is 0.160 e. The van der Waals surface area contributed by atoms with Gasteiger partial charge in [0.15, 0.2) is 5.78 Å². The van der Waals surface area contributed by atoms with Crippen LogP contribution in [0.5, 0.6) is 0 Å². The fraction of sp³-hybridized carbons (Fsp3) is 0.826. The molecule has 7 atom stereocenters. The maximum Gasteiger partial charge on any atom is 0.160 e. The summed E-state index contributed by atoms with van der Waals surface area (Å²) in [5, 5.41) is 20.7. The molecule has 26 heavy (non-hydrogen) atoms. The van der Waals surface area contributed by atoms with Crippen molar-refractivity contribution in [3.63, 3.8) is 0 Å². The van der Waals surface area contributed by atoms with Crippen molar-refractivity contribution in [2.75, 3.05) is 0 Å². The topological polar surface area (TPSA) is 61.1 Å². The van der Waals surface area contributed by atoms with Gasteiger partial charge in [0.2, 0.25) is 0 Å². The molecule has 0 heterocycles. The molecule has 140 valence electrons. The van der Waals surface area contributed by atoms with Crippen LogP contribution in [0.4, 0.5) is 0 Å². The highest BCUT2D eigenvalue weighted by atomic mass is 16.3. The fourth-order valence-corrected chi connectivity index (χ4v) is 8.07. The molecule has 4 fully saturated rings. The average Bonchev–Trinajstić information content (AvgIpc) is 3.34. The van der Waals surface area contributed by atoms with Crippen LogP contribution in [0.1, 0.15) is 72.1 Å². The summed E-state index contributed by atoms with van der Waals surface area (Å²) < 4.78 is 0. The number of rotatable bonds is 0. The van der Waals surface area contributed by atoms with Crippen molar-refractivity contribution in [1.29, 1.82) is 5.26 Å². The summed E-state index contributed by atoms with van der Waals surface area (Å²) in [5.41, 5.74) is 0.593. The van der Waals surface area contributed by atoms with Gasteiger partial charge in [-0.25, -0.2) is 0 Å². The zero-order valence-electron chi connectivity index (χ0n) is 16.3. The molecule has 0 radical (unpaired) electrons. The summed E-state index contributed by atoms with van der Waals surface area (Å²) in [4.78, 5) is 12.9. The van der Waals surface area contributed by atoms with E-state index >= 15 is 0 Å². The van der Waals surface area contributed by atoms with Crippen LogP contribution in [0.2, 0.25) is 0 Å². The Kier molecular flexibility index (Phi) is 3.15. The first kappa shape index (κ1) is 17.0. The van der Waals surface area contributed by atoms with Crippen molar-refractivity contribution in [1.82, 2.24) is 0 Å². The Hall–Kier alpha value is -1.14. The first-order valence-corrected chi connectivity index (χ1v) is 10.6. The highest BCUT2D eigenvalue weighted by Gasteiger charge is 2.68. The normalized spacial score (nSPS) is 54.0. The van der Waals surface area contributed by atoms with Crippen molar-refractivity contribution in [3.05, 3.63) is 11.6 Å². The van der Waals surface area contributed by atoms with E-state index in [2.05, 4.69) is 26.0 Å². The summed E-state index contributed by atoms with van der Waals surface area (Å²) in [6, 6.07) is 2.35. The summed E-state index contributed by atoms with van der Waals surface area (Å²) in [6.45, 7) is 6.72. The number of nitrogens with zero attached hydrogens (tertiary/aromatic N) is 1. The zero-order chi connectivity index (χ0) is 18.5. The second-order valence-corrected chi connectivity index (χ2v) is 10.7. The zero-order valence-corrected chi connectivity index (χ0v) is 16.3. The highest BCUT2D eigenvalue weighted by molar-refractivity contribution is 5.96. The van der Waals surface area contributed by atoms with E-state index in [-0.39, 0.29) is 22.0 Å². The van der Waals surface area contributed by atoms with Crippen molar-refractivity contribution in [2.45, 2.75) is 77.7 Å². The number of hydrogen-bond acceptors (Lipinski definition) is 3. The van der Waals surface area contributed by atoms with Crippen molar-refractivity contribution in [3.8, 4) is 6.07 Å². The molecule has 3 nitrogen and oxygen atoms in total. The summed E-state index contributed by atoms with van der Waals surface area (Å²) in [5.74, 6) is 1.53. The minimum Gasteiger partial charge on any atom is -0.390 e. The second kappa shape index (κ2) is 4.82. The first-order valence-electron chi connectivity index (χ1n) is 10.6. The largest absolute Gasteiger partial charge is 0.390 e. The van der Waals surface area contributed by atoms with Gasteiger partial charge in [-0.3, -0.25) is 4.79 Å². The third-order valence-electron chi connectivity index (χ3n) is 9.86. The van der Waals surface area contributed by atoms with Crippen molar-refractivity contribution in [2.24, 2.45) is 39.9 Å². The van der Waals surface area contributed by atoms with Crippen LogP contribution >= 0.6 is 0 Å². The number of fused-ring (bicyclic) bond motifs is 6. The monoisotopic (exact) mass is 353 g/mol. The molecular weight excluding hydrogens is 322 g/mol. The van der Waals surface area contributed by atoms with Crippen LogP contribution in [-0.4, -0.2) is 16.5 Å². The van der Waals surface area contributed by atoms with Crippen LogP contribution in [0.25, 0.3) is 0 Å². The molecule has 4 saturated carbocycles. The van der Waals surface area contributed by atoms with Crippen LogP contribution in [0, 0.1) is 51.2 Å². The fourth-order valence-electron chi connectivity index (χ4n) is 8.07. The Morgan fingerprint density at radius 1 is 1.12 bits per heavy atom. The minimum atomic E-state index is -0.553. The summed E-state index contributed by atoms with van der Waals surface area (Å²) in [6.07, 6.45) is 10.4. The molecule has 0 amide bonds. The predicted octanol–water partition coefficient (Wildman–Crippen LogP) is 4.41. The molecule has 5 aliphatic carbocycles. The van der Waals surface area contributed by atoms with E-state index in [0.29, 0.717) is 17.8 Å². The molecule has 1 spiro atoms. The van der Waals surface area contributed by atoms with E-state index in [1.807, 2.05) is 6.92 Å². The Bertz CT molecular complexity index is 755. The highest BCUT2D eigenvalue weighted by Crippen LogP contribution is 2.72. The molecule has 0 aliphatic heterocycles. The van der Waals surface area contributed by atoms with Gasteiger partial charge in [0.1, 0.15) is 5.92 Å². The molecule has 0 saturated heterocycles. The van der Waals surface area contributed by atoms with Gasteiger partial charge in [-0.15, -0.1) is 0 Å². The maximum absolute atomic E-state index is 12.9. The van der Waals surface area contributed by atoms with Gasteiger partial charge < -0.3 is 5.11 Å². The van der Waals surface area contributed by atoms with Crippen LogP contribution in [0.15, 0.2) is 11.6 Å². The Morgan fingerprint density at radius 2 is 1.81 bits per heavy atom. The quantitative estimate of drug-likeness (QED) is 0.656. The van der Waals surface area contributed by atoms with E-state index in [9.17, 15) is 15.2 Å². The molecule has 0 aromatic rings. The summed E-state index contributed by atoms with van der Waals surface area (Å²) >= 11 is 0. The third-order valence-corrected chi connectivity index (χ3v) is 9.86. The third kappa shape index (κ3) is 1.76. The molecule has 1 N–H and O–H groups in total. The molecule has 5 aliphatic rings. The van der Waals surface area contributed by atoms with Gasteiger partial charge in [0.25, 0.3) is 0 Å². The van der Waals surface area contributed by atoms with Gasteiger partial charge in [0, 0.05) is 0 Å². The minimum absolute atomic E-state index is 0.00347. The number of hydrogen-bond donors (Lipinski definition) is 1. The molecule has 0 aromatic heterocycles. The molecular formula is C23H31NO2. The Balaban J connectivity index is 1.57. The lowest BCUT2D eigenvalue weighted by molar-refractivity contribution is -0.135. The Morgan fingerprint density at radius 3 is 2.46 bits per heavy atom. The lowest BCUT2D eigenvalue weighted by Crippen LogP contribution is -2.56. The van der Waals surface area contributed by atoms with Gasteiger partial charge in [-0.1, -0.05) is 25.5 Å². The maximum atomic E-state index is 12.9. The molecule has 0 bridgehead atoms. The van der Waals surface area contributed by atoms with E-state index in [1.165, 1.54) is 5.57 Å². The molecule has 2 unspecified atom stereocenters. The lowest BCUT2D eigenvalue weighted by Gasteiger charge is -2.59. The number of Topliss-reactive ketones (excluding diaryl/α,β-unsaturated/α-hetero) is 1.